The first-order valence-corrected chi connectivity index (χ1v) is 12.2. The Labute approximate surface area is 201 Å². The minimum atomic E-state index is -0.421. The highest BCUT2D eigenvalue weighted by Gasteiger charge is 2.41. The van der Waals surface area contributed by atoms with Gasteiger partial charge in [0.15, 0.2) is 0 Å². The molecule has 0 spiro atoms. The number of ether oxygens (including phenoxy) is 5. The minimum Gasteiger partial charge on any atom is -0.490 e. The van der Waals surface area contributed by atoms with Crippen LogP contribution in [0.25, 0.3) is 0 Å². The van der Waals surface area contributed by atoms with Gasteiger partial charge in [0.05, 0.1) is 16.8 Å². The van der Waals surface area contributed by atoms with Crippen molar-refractivity contribution in [1.29, 1.82) is 0 Å². The van der Waals surface area contributed by atoms with Crippen molar-refractivity contribution in [2.75, 3.05) is 38.6 Å². The summed E-state index contributed by atoms with van der Waals surface area (Å²) in [7, 11) is 0. The van der Waals surface area contributed by atoms with Gasteiger partial charge in [-0.1, -0.05) is 37.0 Å². The number of halogens is 3. The smallest absolute Gasteiger partial charge is 0.342 e. The zero-order valence-corrected chi connectivity index (χ0v) is 21.1. The molecule has 1 saturated carbocycles. The quantitative estimate of drug-likeness (QED) is 0.132. The van der Waals surface area contributed by atoms with Crippen molar-refractivity contribution >= 4 is 51.8 Å². The molecule has 1 aromatic carbocycles. The number of rotatable bonds is 13. The van der Waals surface area contributed by atoms with Gasteiger partial charge >= 0.3 is 5.97 Å². The maximum absolute atomic E-state index is 13.1. The number of esters is 1. The lowest BCUT2D eigenvalue weighted by molar-refractivity contribution is -0.0400. The van der Waals surface area contributed by atoms with E-state index in [-0.39, 0.29) is 30.6 Å². The summed E-state index contributed by atoms with van der Waals surface area (Å²) in [6, 6.07) is 3.63. The summed E-state index contributed by atoms with van der Waals surface area (Å²) in [4.78, 5) is 13.1. The van der Waals surface area contributed by atoms with E-state index in [1.807, 2.05) is 0 Å². The normalized spacial score (nSPS) is 15.4. The summed E-state index contributed by atoms with van der Waals surface area (Å²) in [5, 5.41) is 0. The largest absolute Gasteiger partial charge is 0.490 e. The summed E-state index contributed by atoms with van der Waals surface area (Å²) in [6.07, 6.45) is 3.91. The molecule has 0 unspecified atom stereocenters. The average Bonchev–Trinajstić information content (AvgIpc) is 3.20. The maximum Gasteiger partial charge on any atom is 0.342 e. The molecular formula is C21H29Cl2IO6. The Morgan fingerprint density at radius 2 is 1.57 bits per heavy atom. The van der Waals surface area contributed by atoms with E-state index in [1.54, 1.807) is 12.1 Å². The van der Waals surface area contributed by atoms with E-state index in [0.717, 1.165) is 29.3 Å². The topological polar surface area (TPSA) is 63.2 Å². The van der Waals surface area contributed by atoms with E-state index in [0.29, 0.717) is 36.9 Å². The van der Waals surface area contributed by atoms with E-state index in [9.17, 15) is 4.79 Å². The highest BCUT2D eigenvalue weighted by atomic mass is 127. The molecule has 0 aromatic heterocycles. The van der Waals surface area contributed by atoms with Gasteiger partial charge in [0.25, 0.3) is 0 Å². The van der Waals surface area contributed by atoms with Crippen LogP contribution in [0.4, 0.5) is 0 Å². The molecule has 0 aliphatic heterocycles. The molecule has 0 radical (unpaired) electrons. The Hall–Kier alpha value is -0.480. The molecule has 6 nitrogen and oxygen atoms in total. The summed E-state index contributed by atoms with van der Waals surface area (Å²) >= 11 is 13.2. The lowest BCUT2D eigenvalue weighted by Crippen LogP contribution is -2.37. The predicted octanol–water partition coefficient (Wildman–Crippen LogP) is 5.60. The molecule has 1 aromatic rings. The molecule has 170 valence electrons. The summed E-state index contributed by atoms with van der Waals surface area (Å²) in [6.45, 7) is 5.45. The first-order valence-electron chi connectivity index (χ1n) is 10.0. The van der Waals surface area contributed by atoms with Crippen molar-refractivity contribution in [3.63, 3.8) is 0 Å². The third-order valence-corrected chi connectivity index (χ3v) is 6.33. The number of hydrogen-bond donors (Lipinski definition) is 0. The fourth-order valence-corrected chi connectivity index (χ4v) is 4.31. The van der Waals surface area contributed by atoms with E-state index in [2.05, 4.69) is 36.4 Å². The Morgan fingerprint density at radius 3 is 2.10 bits per heavy atom. The second-order valence-corrected chi connectivity index (χ2v) is 8.93. The third kappa shape index (κ3) is 7.29. The van der Waals surface area contributed by atoms with Gasteiger partial charge in [-0.25, -0.2) is 4.79 Å². The Kier molecular flexibility index (Phi) is 11.3. The van der Waals surface area contributed by atoms with Gasteiger partial charge in [-0.3, -0.25) is 0 Å². The lowest BCUT2D eigenvalue weighted by Gasteiger charge is -2.33. The predicted molar refractivity (Wildman–Crippen MR) is 125 cm³/mol. The molecule has 1 aliphatic rings. The van der Waals surface area contributed by atoms with Gasteiger partial charge < -0.3 is 23.7 Å². The Bertz CT molecular complexity index is 680. The van der Waals surface area contributed by atoms with Crippen molar-refractivity contribution in [3.8, 4) is 11.5 Å². The minimum absolute atomic E-state index is 0.0801. The van der Waals surface area contributed by atoms with Crippen molar-refractivity contribution in [2.45, 2.75) is 45.1 Å². The molecule has 0 atom stereocenters. The first-order chi connectivity index (χ1) is 14.4. The van der Waals surface area contributed by atoms with Gasteiger partial charge in [0.1, 0.15) is 48.0 Å². The fourth-order valence-electron chi connectivity index (χ4n) is 3.46. The lowest BCUT2D eigenvalue weighted by atomic mass is 9.88. The second kappa shape index (κ2) is 13.2. The van der Waals surface area contributed by atoms with Crippen molar-refractivity contribution < 1.29 is 28.5 Å². The molecule has 0 saturated heterocycles. The highest BCUT2D eigenvalue weighted by Crippen LogP contribution is 2.41. The molecule has 0 N–H and O–H groups in total. The Morgan fingerprint density at radius 1 is 1.00 bits per heavy atom. The van der Waals surface area contributed by atoms with E-state index < -0.39 is 5.60 Å². The number of hydrogen-bond acceptors (Lipinski definition) is 6. The fraction of sp³-hybridized carbons (Fsp3) is 0.667. The van der Waals surface area contributed by atoms with Crippen LogP contribution in [0.5, 0.6) is 11.5 Å². The van der Waals surface area contributed by atoms with E-state index in [4.69, 9.17) is 46.9 Å². The highest BCUT2D eigenvalue weighted by molar-refractivity contribution is 14.1. The van der Waals surface area contributed by atoms with Crippen LogP contribution in [0.3, 0.4) is 0 Å². The summed E-state index contributed by atoms with van der Waals surface area (Å²) < 4.78 is 28.6. The van der Waals surface area contributed by atoms with Gasteiger partial charge in [-0.05, 0) is 60.3 Å². The van der Waals surface area contributed by atoms with Crippen molar-refractivity contribution in [2.24, 2.45) is 5.92 Å². The number of benzene rings is 1. The maximum atomic E-state index is 13.1. The molecule has 0 amide bonds. The zero-order chi connectivity index (χ0) is 22.0. The molecule has 2 rings (SSSR count). The van der Waals surface area contributed by atoms with E-state index >= 15 is 0 Å². The van der Waals surface area contributed by atoms with Crippen LogP contribution < -0.4 is 9.47 Å². The summed E-state index contributed by atoms with van der Waals surface area (Å²) in [5.74, 6) is 0.852. The monoisotopic (exact) mass is 574 g/mol. The van der Waals surface area contributed by atoms with E-state index in [1.165, 1.54) is 0 Å². The van der Waals surface area contributed by atoms with Gasteiger partial charge in [-0.2, -0.15) is 0 Å². The second-order valence-electron chi connectivity index (χ2n) is 7.33. The summed E-state index contributed by atoms with van der Waals surface area (Å²) in [5.41, 5.74) is -0.0446. The van der Waals surface area contributed by atoms with Crippen LogP contribution in [0.15, 0.2) is 12.1 Å². The molecule has 0 heterocycles. The number of carbonyl (C=O) groups excluding carboxylic acids is 1. The molecule has 1 fully saturated rings. The van der Waals surface area contributed by atoms with Crippen molar-refractivity contribution in [1.82, 2.24) is 0 Å². The third-order valence-electron chi connectivity index (χ3n) is 5.18. The molecule has 0 bridgehead atoms. The molecule has 9 heteroatoms. The number of carbonyl (C=O) groups is 1. The van der Waals surface area contributed by atoms with Gasteiger partial charge in [0, 0.05) is 6.07 Å². The van der Waals surface area contributed by atoms with Gasteiger partial charge in [0.2, 0.25) is 0 Å². The van der Waals surface area contributed by atoms with Crippen LogP contribution in [0.2, 0.25) is 0 Å². The van der Waals surface area contributed by atoms with Crippen LogP contribution in [-0.2, 0) is 14.2 Å². The Balaban J connectivity index is 2.21. The van der Waals surface area contributed by atoms with Crippen LogP contribution in [0.1, 0.15) is 49.9 Å². The number of alkyl halides is 2. The molecular weight excluding hydrogens is 546 g/mol. The SMILES string of the molecule is CC(C)C1(OC(=O)c2cc(I)c(OCCOCCl)cc2OCCOCCl)CCCC1. The molecule has 30 heavy (non-hydrogen) atoms. The first kappa shape index (κ1) is 25.8. The standard InChI is InChI=1S/C21H29Cl2IO6/c1-15(2)21(5-3-4-6-21)30-20(25)16-11-17(24)19(29-10-8-27-14-23)12-18(16)28-9-7-26-13-22/h11-12,15H,3-10,13-14H2,1-2H3. The molecule has 1 aliphatic carbocycles. The zero-order valence-electron chi connectivity index (χ0n) is 17.4. The van der Waals surface area contributed by atoms with Gasteiger partial charge in [-0.15, -0.1) is 0 Å². The average molecular weight is 575 g/mol. The van der Waals surface area contributed by atoms with Crippen LogP contribution in [-0.4, -0.2) is 50.1 Å². The van der Waals surface area contributed by atoms with Crippen LogP contribution in [0, 0.1) is 9.49 Å². The van der Waals surface area contributed by atoms with Crippen LogP contribution >= 0.6 is 45.8 Å². The van der Waals surface area contributed by atoms with Crippen molar-refractivity contribution in [3.05, 3.63) is 21.3 Å².